The Morgan fingerprint density at radius 2 is 1.94 bits per heavy atom. The number of para-hydroxylation sites is 1. The Hall–Kier alpha value is -1.55. The van der Waals surface area contributed by atoms with Crippen LogP contribution in [-0.2, 0) is 0 Å². The van der Waals surface area contributed by atoms with E-state index in [2.05, 4.69) is 5.32 Å². The summed E-state index contributed by atoms with van der Waals surface area (Å²) in [5.74, 6) is 0.486. The van der Waals surface area contributed by atoms with E-state index in [0.29, 0.717) is 12.2 Å². The highest BCUT2D eigenvalue weighted by atomic mass is 16.6. The standard InChI is InChI=1S/C14H21NO3/c1-14(2,3)9-11(16)10-15-13(17)18-12-7-5-4-6-8-12/h4-8,11,16H,9-10H2,1-3H3,(H,15,17). The predicted octanol–water partition coefficient (Wildman–Crippen LogP) is 2.57. The molecular formula is C14H21NO3. The fourth-order valence-corrected chi connectivity index (χ4v) is 1.61. The van der Waals surface area contributed by atoms with Gasteiger partial charge in [0.2, 0.25) is 0 Å². The molecule has 2 N–H and O–H groups in total. The lowest BCUT2D eigenvalue weighted by Crippen LogP contribution is -2.35. The molecule has 1 aromatic rings. The Morgan fingerprint density at radius 3 is 2.50 bits per heavy atom. The summed E-state index contributed by atoms with van der Waals surface area (Å²) in [6.45, 7) is 6.32. The van der Waals surface area contributed by atoms with Crippen LogP contribution in [0.4, 0.5) is 4.79 Å². The van der Waals surface area contributed by atoms with E-state index in [1.165, 1.54) is 0 Å². The fraction of sp³-hybridized carbons (Fsp3) is 0.500. The summed E-state index contributed by atoms with van der Waals surface area (Å²) in [4.78, 5) is 11.4. The molecule has 0 saturated heterocycles. The predicted molar refractivity (Wildman–Crippen MR) is 70.5 cm³/mol. The molecule has 18 heavy (non-hydrogen) atoms. The van der Waals surface area contributed by atoms with Gasteiger partial charge in [-0.05, 0) is 24.0 Å². The van der Waals surface area contributed by atoms with E-state index in [4.69, 9.17) is 4.74 Å². The summed E-state index contributed by atoms with van der Waals surface area (Å²) in [7, 11) is 0. The van der Waals surface area contributed by atoms with Gasteiger partial charge in [0.1, 0.15) is 5.75 Å². The first kappa shape index (κ1) is 14.5. The van der Waals surface area contributed by atoms with Crippen molar-refractivity contribution < 1.29 is 14.6 Å². The topological polar surface area (TPSA) is 58.6 Å². The molecule has 0 fully saturated rings. The van der Waals surface area contributed by atoms with E-state index in [1.54, 1.807) is 24.3 Å². The quantitative estimate of drug-likeness (QED) is 0.864. The highest BCUT2D eigenvalue weighted by Gasteiger charge is 2.17. The maximum absolute atomic E-state index is 11.4. The molecule has 1 atom stereocenters. The molecule has 0 aliphatic carbocycles. The monoisotopic (exact) mass is 251 g/mol. The Kier molecular flexibility index (Phi) is 5.16. The lowest BCUT2D eigenvalue weighted by molar-refractivity contribution is 0.117. The molecule has 1 rings (SSSR count). The summed E-state index contributed by atoms with van der Waals surface area (Å²) >= 11 is 0. The van der Waals surface area contributed by atoms with Gasteiger partial charge < -0.3 is 15.2 Å². The number of carbonyl (C=O) groups excluding carboxylic acids is 1. The van der Waals surface area contributed by atoms with Crippen LogP contribution in [0.25, 0.3) is 0 Å². The van der Waals surface area contributed by atoms with E-state index in [-0.39, 0.29) is 12.0 Å². The molecule has 1 unspecified atom stereocenters. The Morgan fingerprint density at radius 1 is 1.33 bits per heavy atom. The van der Waals surface area contributed by atoms with Gasteiger partial charge in [0.25, 0.3) is 0 Å². The number of aliphatic hydroxyl groups excluding tert-OH is 1. The summed E-state index contributed by atoms with van der Waals surface area (Å²) in [6, 6.07) is 8.82. The molecule has 0 bridgehead atoms. The van der Waals surface area contributed by atoms with Crippen LogP contribution in [0.2, 0.25) is 0 Å². The maximum Gasteiger partial charge on any atom is 0.412 e. The number of amides is 1. The summed E-state index contributed by atoms with van der Waals surface area (Å²) in [6.07, 6.45) is -0.485. The highest BCUT2D eigenvalue weighted by Crippen LogP contribution is 2.20. The van der Waals surface area contributed by atoms with Gasteiger partial charge in [0.15, 0.2) is 0 Å². The van der Waals surface area contributed by atoms with Crippen LogP contribution in [-0.4, -0.2) is 23.8 Å². The van der Waals surface area contributed by atoms with E-state index < -0.39 is 12.2 Å². The summed E-state index contributed by atoms with van der Waals surface area (Å²) < 4.78 is 5.03. The normalized spacial score (nSPS) is 12.9. The van der Waals surface area contributed by atoms with Crippen LogP contribution in [0, 0.1) is 5.41 Å². The van der Waals surface area contributed by atoms with E-state index in [1.807, 2.05) is 26.8 Å². The number of carbonyl (C=O) groups is 1. The number of aliphatic hydroxyl groups is 1. The zero-order valence-corrected chi connectivity index (χ0v) is 11.1. The summed E-state index contributed by atoms with van der Waals surface area (Å²) in [5.41, 5.74) is 0.0322. The Bertz CT molecular complexity index is 370. The lowest BCUT2D eigenvalue weighted by atomic mass is 9.89. The van der Waals surface area contributed by atoms with Gasteiger partial charge in [-0.25, -0.2) is 4.79 Å². The third kappa shape index (κ3) is 6.25. The zero-order chi connectivity index (χ0) is 13.6. The smallest absolute Gasteiger partial charge is 0.410 e. The molecule has 0 aromatic heterocycles. The van der Waals surface area contributed by atoms with Crippen molar-refractivity contribution in [3.8, 4) is 5.75 Å². The minimum Gasteiger partial charge on any atom is -0.410 e. The van der Waals surface area contributed by atoms with E-state index >= 15 is 0 Å². The number of nitrogens with one attached hydrogen (secondary N) is 1. The molecule has 0 saturated carbocycles. The van der Waals surface area contributed by atoms with Crippen molar-refractivity contribution in [3.63, 3.8) is 0 Å². The molecule has 0 aliphatic heterocycles. The largest absolute Gasteiger partial charge is 0.412 e. The van der Waals surface area contributed by atoms with E-state index in [9.17, 15) is 9.90 Å². The third-order valence-electron chi connectivity index (χ3n) is 2.28. The average molecular weight is 251 g/mol. The Balaban J connectivity index is 2.29. The SMILES string of the molecule is CC(C)(C)CC(O)CNC(=O)Oc1ccccc1. The molecule has 0 heterocycles. The van der Waals surface area contributed by atoms with Gasteiger partial charge in [-0.1, -0.05) is 39.0 Å². The number of hydrogen-bond acceptors (Lipinski definition) is 3. The van der Waals surface area contributed by atoms with Crippen molar-refractivity contribution in [3.05, 3.63) is 30.3 Å². The lowest BCUT2D eigenvalue weighted by Gasteiger charge is -2.22. The number of ether oxygens (including phenoxy) is 1. The summed E-state index contributed by atoms with van der Waals surface area (Å²) in [5, 5.41) is 12.3. The number of rotatable bonds is 4. The van der Waals surface area contributed by atoms with E-state index in [0.717, 1.165) is 0 Å². The molecule has 1 aromatic carbocycles. The van der Waals surface area contributed by atoms with Crippen LogP contribution in [0.3, 0.4) is 0 Å². The van der Waals surface area contributed by atoms with Gasteiger partial charge >= 0.3 is 6.09 Å². The molecule has 100 valence electrons. The molecule has 4 heteroatoms. The van der Waals surface area contributed by atoms with Crippen LogP contribution in [0.5, 0.6) is 5.75 Å². The van der Waals surface area contributed by atoms with Gasteiger partial charge in [0, 0.05) is 6.54 Å². The van der Waals surface area contributed by atoms with Crippen molar-refractivity contribution in [2.24, 2.45) is 5.41 Å². The minimum absolute atomic E-state index is 0.0322. The van der Waals surface area contributed by atoms with Crippen molar-refractivity contribution >= 4 is 6.09 Å². The second kappa shape index (κ2) is 6.40. The molecule has 0 aliphatic rings. The molecule has 0 radical (unpaired) electrons. The van der Waals surface area contributed by atoms with Crippen molar-refractivity contribution in [2.75, 3.05) is 6.54 Å². The second-order valence-corrected chi connectivity index (χ2v) is 5.50. The van der Waals surface area contributed by atoms with Crippen molar-refractivity contribution in [2.45, 2.75) is 33.3 Å². The van der Waals surface area contributed by atoms with Crippen LogP contribution < -0.4 is 10.1 Å². The molecular weight excluding hydrogens is 230 g/mol. The molecule has 4 nitrogen and oxygen atoms in total. The van der Waals surface area contributed by atoms with Gasteiger partial charge in [-0.2, -0.15) is 0 Å². The highest BCUT2D eigenvalue weighted by molar-refractivity contribution is 5.70. The van der Waals surface area contributed by atoms with Crippen molar-refractivity contribution in [1.29, 1.82) is 0 Å². The third-order valence-corrected chi connectivity index (χ3v) is 2.28. The first-order valence-corrected chi connectivity index (χ1v) is 6.05. The number of benzene rings is 1. The van der Waals surface area contributed by atoms with Crippen LogP contribution in [0.15, 0.2) is 30.3 Å². The van der Waals surface area contributed by atoms with Gasteiger partial charge in [-0.3, -0.25) is 0 Å². The minimum atomic E-state index is -0.562. The average Bonchev–Trinajstić information content (AvgIpc) is 2.25. The van der Waals surface area contributed by atoms with Crippen LogP contribution in [0.1, 0.15) is 27.2 Å². The first-order valence-electron chi connectivity index (χ1n) is 6.05. The number of hydrogen-bond donors (Lipinski definition) is 2. The van der Waals surface area contributed by atoms with Crippen LogP contribution >= 0.6 is 0 Å². The Labute approximate surface area is 108 Å². The second-order valence-electron chi connectivity index (χ2n) is 5.50. The molecule has 0 spiro atoms. The van der Waals surface area contributed by atoms with Crippen molar-refractivity contribution in [1.82, 2.24) is 5.32 Å². The zero-order valence-electron chi connectivity index (χ0n) is 11.1. The van der Waals surface area contributed by atoms with Gasteiger partial charge in [-0.15, -0.1) is 0 Å². The molecule has 1 amide bonds. The fourth-order valence-electron chi connectivity index (χ4n) is 1.61. The van der Waals surface area contributed by atoms with Gasteiger partial charge in [0.05, 0.1) is 6.10 Å². The first-order chi connectivity index (χ1) is 8.37. The maximum atomic E-state index is 11.4.